The first-order valence-corrected chi connectivity index (χ1v) is 8.38. The third kappa shape index (κ3) is 2.66. The number of aromatic nitrogens is 4. The van der Waals surface area contributed by atoms with E-state index in [1.54, 1.807) is 11.3 Å². The second-order valence-corrected chi connectivity index (χ2v) is 6.47. The smallest absolute Gasteiger partial charge is 0.227 e. The lowest BCUT2D eigenvalue weighted by molar-refractivity contribution is 0.147. The summed E-state index contributed by atoms with van der Waals surface area (Å²) in [4.78, 5) is 11.6. The van der Waals surface area contributed by atoms with Crippen molar-refractivity contribution >= 4 is 33.1 Å². The molecular weight excluding hydrogens is 298 g/mol. The maximum Gasteiger partial charge on any atom is 0.227 e. The van der Waals surface area contributed by atoms with E-state index in [4.69, 9.17) is 9.72 Å². The van der Waals surface area contributed by atoms with E-state index in [1.165, 1.54) is 10.4 Å². The minimum atomic E-state index is 0.751. The Morgan fingerprint density at radius 3 is 2.82 bits per heavy atom. The van der Waals surface area contributed by atoms with E-state index < -0.39 is 0 Å². The van der Waals surface area contributed by atoms with E-state index in [-0.39, 0.29) is 0 Å². The summed E-state index contributed by atoms with van der Waals surface area (Å²) in [6, 6.07) is 0. The normalized spacial score (nSPS) is 11.6. The molecule has 0 aliphatic rings. The van der Waals surface area contributed by atoms with Gasteiger partial charge in [-0.15, -0.1) is 16.4 Å². The summed E-state index contributed by atoms with van der Waals surface area (Å²) in [7, 11) is 0. The molecule has 0 aliphatic heterocycles. The SMILES string of the molecule is CCOCCCNc1nc2sc(C)c(C)c2c2nc(C)nn12. The quantitative estimate of drug-likeness (QED) is 0.707. The highest BCUT2D eigenvalue weighted by Crippen LogP contribution is 2.32. The van der Waals surface area contributed by atoms with Crippen LogP contribution in [0, 0.1) is 20.8 Å². The molecule has 7 heteroatoms. The average molecular weight is 319 g/mol. The summed E-state index contributed by atoms with van der Waals surface area (Å²) in [5.41, 5.74) is 2.13. The number of anilines is 1. The van der Waals surface area contributed by atoms with Gasteiger partial charge in [-0.3, -0.25) is 0 Å². The average Bonchev–Trinajstić information content (AvgIpc) is 2.99. The van der Waals surface area contributed by atoms with Crippen molar-refractivity contribution in [1.29, 1.82) is 0 Å². The molecule has 0 amide bonds. The van der Waals surface area contributed by atoms with Gasteiger partial charge < -0.3 is 10.1 Å². The van der Waals surface area contributed by atoms with Crippen LogP contribution in [0.4, 0.5) is 5.95 Å². The Labute approximate surface area is 133 Å². The highest BCUT2D eigenvalue weighted by Gasteiger charge is 2.16. The summed E-state index contributed by atoms with van der Waals surface area (Å²) in [5, 5.41) is 8.95. The third-order valence-electron chi connectivity index (χ3n) is 3.66. The molecule has 0 radical (unpaired) electrons. The van der Waals surface area contributed by atoms with Crippen molar-refractivity contribution in [3.8, 4) is 0 Å². The number of aryl methyl sites for hydroxylation is 3. The van der Waals surface area contributed by atoms with Crippen molar-refractivity contribution in [3.05, 3.63) is 16.3 Å². The number of hydrogen-bond donors (Lipinski definition) is 1. The Kier molecular flexibility index (Phi) is 4.26. The molecule has 3 aromatic heterocycles. The van der Waals surface area contributed by atoms with Gasteiger partial charge in [-0.05, 0) is 39.7 Å². The molecule has 0 fully saturated rings. The van der Waals surface area contributed by atoms with Gasteiger partial charge in [0.1, 0.15) is 10.7 Å². The predicted octanol–water partition coefficient (Wildman–Crippen LogP) is 3.10. The van der Waals surface area contributed by atoms with Crippen LogP contribution in [0.5, 0.6) is 0 Å². The fraction of sp³-hybridized carbons (Fsp3) is 0.533. The summed E-state index contributed by atoms with van der Waals surface area (Å²) < 4.78 is 7.18. The van der Waals surface area contributed by atoms with Crippen molar-refractivity contribution in [2.45, 2.75) is 34.1 Å². The van der Waals surface area contributed by atoms with E-state index in [1.807, 2.05) is 18.4 Å². The molecule has 0 saturated carbocycles. The molecule has 118 valence electrons. The van der Waals surface area contributed by atoms with E-state index >= 15 is 0 Å². The van der Waals surface area contributed by atoms with Crippen molar-refractivity contribution in [1.82, 2.24) is 19.6 Å². The summed E-state index contributed by atoms with van der Waals surface area (Å²) in [6.07, 6.45) is 0.936. The lowest BCUT2D eigenvalue weighted by atomic mass is 10.2. The molecule has 0 saturated heterocycles. The van der Waals surface area contributed by atoms with Crippen LogP contribution < -0.4 is 5.32 Å². The van der Waals surface area contributed by atoms with Gasteiger partial charge in [0.15, 0.2) is 5.65 Å². The van der Waals surface area contributed by atoms with Gasteiger partial charge in [0.25, 0.3) is 0 Å². The fourth-order valence-electron chi connectivity index (χ4n) is 2.45. The van der Waals surface area contributed by atoms with Gasteiger partial charge in [0.2, 0.25) is 5.95 Å². The lowest BCUT2D eigenvalue weighted by Crippen LogP contribution is -2.11. The first kappa shape index (κ1) is 15.2. The molecule has 0 aliphatic carbocycles. The number of rotatable bonds is 6. The molecule has 3 heterocycles. The molecule has 0 bridgehead atoms. The second-order valence-electron chi connectivity index (χ2n) is 5.27. The van der Waals surface area contributed by atoms with Crippen LogP contribution in [0.1, 0.15) is 29.6 Å². The maximum absolute atomic E-state index is 5.36. The fourth-order valence-corrected chi connectivity index (χ4v) is 3.48. The monoisotopic (exact) mass is 319 g/mol. The Hall–Kier alpha value is -1.73. The van der Waals surface area contributed by atoms with E-state index in [9.17, 15) is 0 Å². The summed E-state index contributed by atoms with van der Waals surface area (Å²) in [6.45, 7) is 10.5. The van der Waals surface area contributed by atoms with Crippen LogP contribution >= 0.6 is 11.3 Å². The van der Waals surface area contributed by atoms with Crippen LogP contribution in [0.3, 0.4) is 0 Å². The topological polar surface area (TPSA) is 64.3 Å². The van der Waals surface area contributed by atoms with E-state index in [0.717, 1.165) is 53.8 Å². The molecule has 0 unspecified atom stereocenters. The van der Waals surface area contributed by atoms with Crippen LogP contribution in [0.25, 0.3) is 15.9 Å². The number of hydrogen-bond acceptors (Lipinski definition) is 6. The first-order chi connectivity index (χ1) is 10.6. The Bertz CT molecular complexity index is 807. The Morgan fingerprint density at radius 1 is 1.23 bits per heavy atom. The molecule has 3 aromatic rings. The molecule has 6 nitrogen and oxygen atoms in total. The third-order valence-corrected chi connectivity index (χ3v) is 4.77. The minimum absolute atomic E-state index is 0.751. The van der Waals surface area contributed by atoms with Crippen LogP contribution in [-0.4, -0.2) is 39.3 Å². The number of thiophene rings is 1. The molecular formula is C15H21N5OS. The van der Waals surface area contributed by atoms with Gasteiger partial charge in [-0.1, -0.05) is 0 Å². The lowest BCUT2D eigenvalue weighted by Gasteiger charge is -2.07. The van der Waals surface area contributed by atoms with E-state index in [2.05, 4.69) is 29.2 Å². The number of nitrogens with one attached hydrogen (secondary N) is 1. The predicted molar refractivity (Wildman–Crippen MR) is 90.0 cm³/mol. The van der Waals surface area contributed by atoms with Crippen molar-refractivity contribution in [3.63, 3.8) is 0 Å². The molecule has 22 heavy (non-hydrogen) atoms. The van der Waals surface area contributed by atoms with Crippen LogP contribution in [0.2, 0.25) is 0 Å². The van der Waals surface area contributed by atoms with Gasteiger partial charge in [0.05, 0.1) is 5.39 Å². The molecule has 0 aromatic carbocycles. The number of ether oxygens (including phenoxy) is 1. The van der Waals surface area contributed by atoms with Gasteiger partial charge in [-0.25, -0.2) is 9.97 Å². The molecule has 0 spiro atoms. The summed E-state index contributed by atoms with van der Waals surface area (Å²) in [5.74, 6) is 1.51. The van der Waals surface area contributed by atoms with Gasteiger partial charge in [0, 0.05) is 24.6 Å². The molecule has 0 atom stereocenters. The first-order valence-electron chi connectivity index (χ1n) is 7.56. The standard InChI is InChI=1S/C15H21N5OS/c1-5-21-8-6-7-16-15-18-14-12(9(2)10(3)22-14)13-17-11(4)19-20(13)15/h5-8H2,1-4H3,(H,16,18). The molecule has 1 N–H and O–H groups in total. The zero-order chi connectivity index (χ0) is 15.7. The van der Waals surface area contributed by atoms with Crippen LogP contribution in [0.15, 0.2) is 0 Å². The van der Waals surface area contributed by atoms with E-state index in [0.29, 0.717) is 0 Å². The number of nitrogens with zero attached hydrogens (tertiary/aromatic N) is 4. The van der Waals surface area contributed by atoms with Crippen molar-refractivity contribution < 1.29 is 4.74 Å². The number of fused-ring (bicyclic) bond motifs is 3. The summed E-state index contributed by atoms with van der Waals surface area (Å²) >= 11 is 1.71. The molecule has 3 rings (SSSR count). The Balaban J connectivity index is 1.98. The van der Waals surface area contributed by atoms with Crippen molar-refractivity contribution in [2.75, 3.05) is 25.1 Å². The minimum Gasteiger partial charge on any atom is -0.382 e. The second kappa shape index (κ2) is 6.18. The maximum atomic E-state index is 5.36. The van der Waals surface area contributed by atoms with Gasteiger partial charge in [-0.2, -0.15) is 4.52 Å². The largest absolute Gasteiger partial charge is 0.382 e. The van der Waals surface area contributed by atoms with Crippen LogP contribution in [-0.2, 0) is 4.74 Å². The van der Waals surface area contributed by atoms with Crippen molar-refractivity contribution in [2.24, 2.45) is 0 Å². The zero-order valence-electron chi connectivity index (χ0n) is 13.4. The highest BCUT2D eigenvalue weighted by molar-refractivity contribution is 7.18. The van der Waals surface area contributed by atoms with Gasteiger partial charge >= 0.3 is 0 Å². The Morgan fingerprint density at radius 2 is 2.05 bits per heavy atom. The zero-order valence-corrected chi connectivity index (χ0v) is 14.3. The highest BCUT2D eigenvalue weighted by atomic mass is 32.1.